The number of ether oxygens (including phenoxy) is 1. The van der Waals surface area contributed by atoms with E-state index in [4.69, 9.17) is 4.74 Å². The molecule has 2 N–H and O–H groups in total. The average molecular weight is 308 g/mol. The Kier molecular flexibility index (Phi) is 5.75. The number of esters is 1. The Morgan fingerprint density at radius 1 is 1.18 bits per heavy atom. The molecule has 1 aromatic rings. The Hall–Kier alpha value is -2.11. The van der Waals surface area contributed by atoms with Gasteiger partial charge in [-0.15, -0.1) is 0 Å². The summed E-state index contributed by atoms with van der Waals surface area (Å²) >= 11 is 0. The lowest BCUT2D eigenvalue weighted by atomic mass is 9.86. The van der Waals surface area contributed by atoms with Crippen LogP contribution in [0.1, 0.15) is 31.2 Å². The number of hydrogen-bond donors (Lipinski definition) is 2. The molecule has 0 heterocycles. The van der Waals surface area contributed by atoms with Crippen LogP contribution in [0.4, 0.5) is 9.18 Å². The molecule has 0 bridgehead atoms. The van der Waals surface area contributed by atoms with Crippen LogP contribution in [0.15, 0.2) is 24.3 Å². The van der Waals surface area contributed by atoms with Crippen molar-refractivity contribution in [2.45, 2.75) is 38.3 Å². The van der Waals surface area contributed by atoms with Crippen molar-refractivity contribution < 1.29 is 18.7 Å². The number of urea groups is 1. The lowest BCUT2D eigenvalue weighted by Gasteiger charge is -2.27. The molecule has 120 valence electrons. The second kappa shape index (κ2) is 7.77. The number of carbonyl (C=O) groups is 2. The fourth-order valence-electron chi connectivity index (χ4n) is 2.66. The first-order chi connectivity index (χ1) is 10.6. The number of halogens is 1. The molecule has 1 saturated carbocycles. The molecule has 0 atom stereocenters. The van der Waals surface area contributed by atoms with Crippen molar-refractivity contribution in [2.24, 2.45) is 5.92 Å². The second-order valence-electron chi connectivity index (χ2n) is 5.53. The molecular weight excluding hydrogens is 287 g/mol. The summed E-state index contributed by atoms with van der Waals surface area (Å²) in [6, 6.07) is 5.83. The van der Waals surface area contributed by atoms with E-state index in [9.17, 15) is 14.0 Å². The van der Waals surface area contributed by atoms with E-state index in [2.05, 4.69) is 10.6 Å². The molecule has 6 heteroatoms. The van der Waals surface area contributed by atoms with E-state index in [1.807, 2.05) is 0 Å². The Bertz CT molecular complexity index is 511. The Morgan fingerprint density at radius 2 is 1.82 bits per heavy atom. The highest BCUT2D eigenvalue weighted by molar-refractivity contribution is 5.74. The third-order valence-corrected chi connectivity index (χ3v) is 3.96. The molecule has 1 aliphatic carbocycles. The summed E-state index contributed by atoms with van der Waals surface area (Å²) in [4.78, 5) is 23.3. The minimum absolute atomic E-state index is 0.0506. The smallest absolute Gasteiger partial charge is 0.315 e. The fraction of sp³-hybridized carbons (Fsp3) is 0.500. The number of hydrogen-bond acceptors (Lipinski definition) is 3. The number of benzene rings is 1. The zero-order valence-electron chi connectivity index (χ0n) is 12.6. The molecule has 0 aromatic heterocycles. The van der Waals surface area contributed by atoms with Crippen LogP contribution in [0.5, 0.6) is 0 Å². The maximum atomic E-state index is 12.8. The Labute approximate surface area is 129 Å². The van der Waals surface area contributed by atoms with Gasteiger partial charge in [0.15, 0.2) is 0 Å². The van der Waals surface area contributed by atoms with Gasteiger partial charge in [0.05, 0.1) is 13.0 Å². The van der Waals surface area contributed by atoms with E-state index in [0.29, 0.717) is 6.54 Å². The number of amides is 2. The molecule has 0 radical (unpaired) electrons. The topological polar surface area (TPSA) is 67.4 Å². The quantitative estimate of drug-likeness (QED) is 0.839. The van der Waals surface area contributed by atoms with E-state index in [-0.39, 0.29) is 29.8 Å². The van der Waals surface area contributed by atoms with Crippen molar-refractivity contribution in [2.75, 3.05) is 7.11 Å². The average Bonchev–Trinajstić information content (AvgIpc) is 2.54. The van der Waals surface area contributed by atoms with Crippen LogP contribution in [0.2, 0.25) is 0 Å². The maximum absolute atomic E-state index is 12.8. The highest BCUT2D eigenvalue weighted by Gasteiger charge is 2.27. The van der Waals surface area contributed by atoms with Gasteiger partial charge in [-0.1, -0.05) is 12.1 Å². The van der Waals surface area contributed by atoms with Crippen LogP contribution in [0.25, 0.3) is 0 Å². The summed E-state index contributed by atoms with van der Waals surface area (Å²) in [5, 5.41) is 5.65. The van der Waals surface area contributed by atoms with Crippen LogP contribution in [0, 0.1) is 11.7 Å². The van der Waals surface area contributed by atoms with E-state index in [1.165, 1.54) is 19.2 Å². The Balaban J connectivity index is 1.69. The summed E-state index contributed by atoms with van der Waals surface area (Å²) in [5.74, 6) is -0.514. The molecule has 1 aromatic carbocycles. The maximum Gasteiger partial charge on any atom is 0.315 e. The van der Waals surface area contributed by atoms with Gasteiger partial charge in [0.1, 0.15) is 5.82 Å². The first kappa shape index (κ1) is 16.3. The van der Waals surface area contributed by atoms with E-state index in [0.717, 1.165) is 31.2 Å². The third-order valence-electron chi connectivity index (χ3n) is 3.96. The Morgan fingerprint density at radius 3 is 2.41 bits per heavy atom. The highest BCUT2D eigenvalue weighted by atomic mass is 19.1. The highest BCUT2D eigenvalue weighted by Crippen LogP contribution is 2.25. The van der Waals surface area contributed by atoms with Gasteiger partial charge in [-0.3, -0.25) is 4.79 Å². The molecule has 0 saturated heterocycles. The second-order valence-corrected chi connectivity index (χ2v) is 5.53. The molecule has 5 nitrogen and oxygen atoms in total. The standard InChI is InChI=1S/C16H21FN2O3/c1-22-15(20)12-4-8-14(9-5-12)19-16(21)18-10-11-2-6-13(17)7-3-11/h2-3,6-7,12,14H,4-5,8-10H2,1H3,(H2,18,19,21). The summed E-state index contributed by atoms with van der Waals surface area (Å²) in [7, 11) is 1.40. The minimum atomic E-state index is -0.296. The van der Waals surface area contributed by atoms with Gasteiger partial charge >= 0.3 is 12.0 Å². The van der Waals surface area contributed by atoms with Gasteiger partial charge in [0.2, 0.25) is 0 Å². The van der Waals surface area contributed by atoms with Gasteiger partial charge in [-0.25, -0.2) is 9.18 Å². The number of methoxy groups -OCH3 is 1. The van der Waals surface area contributed by atoms with Crippen LogP contribution < -0.4 is 10.6 Å². The number of carbonyl (C=O) groups excluding carboxylic acids is 2. The normalized spacial score (nSPS) is 21.0. The molecule has 0 aliphatic heterocycles. The molecule has 2 rings (SSSR count). The van der Waals surface area contributed by atoms with Crippen molar-refractivity contribution in [1.29, 1.82) is 0 Å². The zero-order chi connectivity index (χ0) is 15.9. The molecule has 2 amide bonds. The van der Waals surface area contributed by atoms with Crippen molar-refractivity contribution in [3.63, 3.8) is 0 Å². The molecule has 0 unspecified atom stereocenters. The van der Waals surface area contributed by atoms with Crippen LogP contribution in [-0.4, -0.2) is 25.2 Å². The number of rotatable bonds is 4. The predicted molar refractivity (Wildman–Crippen MR) is 79.5 cm³/mol. The molecule has 0 spiro atoms. The van der Waals surface area contributed by atoms with Gasteiger partial charge < -0.3 is 15.4 Å². The van der Waals surface area contributed by atoms with Crippen molar-refractivity contribution in [3.05, 3.63) is 35.6 Å². The third kappa shape index (κ3) is 4.72. The first-order valence-corrected chi connectivity index (χ1v) is 7.45. The van der Waals surface area contributed by atoms with Crippen LogP contribution in [-0.2, 0) is 16.1 Å². The molecule has 1 fully saturated rings. The van der Waals surface area contributed by atoms with Gasteiger partial charge in [0, 0.05) is 12.6 Å². The van der Waals surface area contributed by atoms with Crippen molar-refractivity contribution in [1.82, 2.24) is 10.6 Å². The zero-order valence-corrected chi connectivity index (χ0v) is 12.6. The van der Waals surface area contributed by atoms with Crippen molar-refractivity contribution >= 4 is 12.0 Å². The largest absolute Gasteiger partial charge is 0.469 e. The molecular formula is C16H21FN2O3. The summed E-state index contributed by atoms with van der Waals surface area (Å²) in [6.07, 6.45) is 3.00. The van der Waals surface area contributed by atoms with Crippen LogP contribution in [0.3, 0.4) is 0 Å². The fourth-order valence-corrected chi connectivity index (χ4v) is 2.66. The minimum Gasteiger partial charge on any atom is -0.469 e. The number of nitrogens with one attached hydrogen (secondary N) is 2. The van der Waals surface area contributed by atoms with Crippen molar-refractivity contribution in [3.8, 4) is 0 Å². The lowest BCUT2D eigenvalue weighted by Crippen LogP contribution is -2.44. The SMILES string of the molecule is COC(=O)C1CCC(NC(=O)NCc2ccc(F)cc2)CC1. The van der Waals surface area contributed by atoms with Gasteiger partial charge in [-0.2, -0.15) is 0 Å². The molecule has 22 heavy (non-hydrogen) atoms. The van der Waals surface area contributed by atoms with E-state index in [1.54, 1.807) is 12.1 Å². The predicted octanol–water partition coefficient (Wildman–Crippen LogP) is 2.36. The van der Waals surface area contributed by atoms with E-state index < -0.39 is 0 Å². The summed E-state index contributed by atoms with van der Waals surface area (Å²) in [6.45, 7) is 0.351. The summed E-state index contributed by atoms with van der Waals surface area (Å²) in [5.41, 5.74) is 0.839. The van der Waals surface area contributed by atoms with Gasteiger partial charge in [0.25, 0.3) is 0 Å². The van der Waals surface area contributed by atoms with Gasteiger partial charge in [-0.05, 0) is 43.4 Å². The molecule has 1 aliphatic rings. The lowest BCUT2D eigenvalue weighted by molar-refractivity contribution is -0.146. The first-order valence-electron chi connectivity index (χ1n) is 7.45. The van der Waals surface area contributed by atoms with Crippen LogP contribution >= 0.6 is 0 Å². The van der Waals surface area contributed by atoms with E-state index >= 15 is 0 Å². The monoisotopic (exact) mass is 308 g/mol. The summed E-state index contributed by atoms with van der Waals surface area (Å²) < 4.78 is 17.5.